The van der Waals surface area contributed by atoms with E-state index in [2.05, 4.69) is 128 Å². The highest BCUT2D eigenvalue weighted by molar-refractivity contribution is 6.04. The summed E-state index contributed by atoms with van der Waals surface area (Å²) in [5.74, 6) is 0. The van der Waals surface area contributed by atoms with Gasteiger partial charge in [0.05, 0.1) is 0 Å². The van der Waals surface area contributed by atoms with Gasteiger partial charge in [-0.05, 0) is 79.9 Å². The van der Waals surface area contributed by atoms with Crippen LogP contribution in [0.25, 0.3) is 33.0 Å². The van der Waals surface area contributed by atoms with Crippen molar-refractivity contribution < 1.29 is 0 Å². The van der Waals surface area contributed by atoms with Gasteiger partial charge in [0.2, 0.25) is 0 Å². The van der Waals surface area contributed by atoms with Crippen LogP contribution in [0, 0.1) is 6.92 Å². The van der Waals surface area contributed by atoms with Crippen LogP contribution in [0.2, 0.25) is 0 Å². The average molecular weight is 447 g/mol. The summed E-state index contributed by atoms with van der Waals surface area (Å²) >= 11 is 0. The molecule has 174 valence electrons. The van der Waals surface area contributed by atoms with Crippen LogP contribution in [-0.4, -0.2) is 0 Å². The predicted molar refractivity (Wildman–Crippen MR) is 151 cm³/mol. The molecule has 0 saturated carbocycles. The fourth-order valence-electron chi connectivity index (χ4n) is 5.96. The van der Waals surface area contributed by atoms with E-state index in [0.29, 0.717) is 0 Å². The highest BCUT2D eigenvalue weighted by Gasteiger charge is 2.42. The van der Waals surface area contributed by atoms with Crippen LogP contribution >= 0.6 is 0 Å². The Labute approximate surface area is 206 Å². The van der Waals surface area contributed by atoms with Gasteiger partial charge in [0, 0.05) is 10.8 Å². The second-order valence-corrected chi connectivity index (χ2v) is 10.6. The third kappa shape index (κ3) is 3.27. The van der Waals surface area contributed by atoms with Crippen LogP contribution in [0.5, 0.6) is 0 Å². The van der Waals surface area contributed by atoms with E-state index in [-0.39, 0.29) is 10.8 Å². The molecular formula is C34H38. The minimum absolute atomic E-state index is 0.0101. The van der Waals surface area contributed by atoms with Gasteiger partial charge in [-0.2, -0.15) is 0 Å². The molecule has 2 aliphatic rings. The SMILES string of the molecule is C=C.CCC.Cc1cc2c(c3ccccc13)-c1cc3c(cc1C2(C)C)-c1ccccc1C3(C)C. The molecule has 0 unspecified atom stereocenters. The first-order valence-electron chi connectivity index (χ1n) is 12.6. The summed E-state index contributed by atoms with van der Waals surface area (Å²) in [7, 11) is 0. The van der Waals surface area contributed by atoms with E-state index in [1.165, 1.54) is 67.3 Å². The summed E-state index contributed by atoms with van der Waals surface area (Å²) in [5, 5.41) is 2.76. The minimum Gasteiger partial charge on any atom is -0.106 e. The normalized spacial score (nSPS) is 15.1. The van der Waals surface area contributed by atoms with E-state index >= 15 is 0 Å². The Morgan fingerprint density at radius 2 is 1.09 bits per heavy atom. The molecule has 6 rings (SSSR count). The van der Waals surface area contributed by atoms with Gasteiger partial charge in [-0.15, -0.1) is 13.2 Å². The number of benzene rings is 4. The molecule has 0 aliphatic heterocycles. The molecule has 0 heteroatoms. The first-order valence-corrected chi connectivity index (χ1v) is 12.6. The molecule has 0 fully saturated rings. The Morgan fingerprint density at radius 3 is 1.76 bits per heavy atom. The standard InChI is InChI=1S/C29H26.C3H8.C2H4/c1-17-14-26-27(20-12-7-6-10-18(17)20)22-16-24-21(15-25(22)29(26,4)5)19-11-8-9-13-23(19)28(24,2)3;1-3-2;1-2/h6-16H,1-5H3;3H2,1-2H3;1-2H2. The van der Waals surface area contributed by atoms with Gasteiger partial charge in [-0.25, -0.2) is 0 Å². The molecule has 0 heterocycles. The molecule has 34 heavy (non-hydrogen) atoms. The fraction of sp³-hybridized carbons (Fsp3) is 0.294. The number of hydrogen-bond acceptors (Lipinski definition) is 0. The van der Waals surface area contributed by atoms with Crippen molar-refractivity contribution in [3.8, 4) is 22.3 Å². The molecule has 4 aromatic rings. The summed E-state index contributed by atoms with van der Waals surface area (Å²) in [6.45, 7) is 22.0. The van der Waals surface area contributed by atoms with Crippen molar-refractivity contribution in [2.24, 2.45) is 0 Å². The van der Waals surface area contributed by atoms with E-state index < -0.39 is 0 Å². The topological polar surface area (TPSA) is 0 Å². The quantitative estimate of drug-likeness (QED) is 0.236. The van der Waals surface area contributed by atoms with Gasteiger partial charge in [0.1, 0.15) is 0 Å². The number of aryl methyl sites for hydroxylation is 1. The largest absolute Gasteiger partial charge is 0.106 e. The maximum Gasteiger partial charge on any atom is 0.0159 e. The van der Waals surface area contributed by atoms with E-state index in [1.807, 2.05) is 0 Å². The molecule has 0 spiro atoms. The molecule has 0 nitrogen and oxygen atoms in total. The maximum absolute atomic E-state index is 3.00. The number of rotatable bonds is 0. The van der Waals surface area contributed by atoms with Crippen molar-refractivity contribution in [1.29, 1.82) is 0 Å². The molecule has 0 N–H and O–H groups in total. The van der Waals surface area contributed by atoms with Gasteiger partial charge in [-0.1, -0.05) is 103 Å². The van der Waals surface area contributed by atoms with Crippen molar-refractivity contribution in [1.82, 2.24) is 0 Å². The Kier molecular flexibility index (Phi) is 6.06. The van der Waals surface area contributed by atoms with Gasteiger partial charge in [-0.3, -0.25) is 0 Å². The summed E-state index contributed by atoms with van der Waals surface area (Å²) < 4.78 is 0. The van der Waals surface area contributed by atoms with E-state index in [1.54, 1.807) is 0 Å². The zero-order chi connectivity index (χ0) is 24.8. The Balaban J connectivity index is 0.000000510. The van der Waals surface area contributed by atoms with Crippen molar-refractivity contribution in [2.75, 3.05) is 0 Å². The fourth-order valence-corrected chi connectivity index (χ4v) is 5.96. The monoisotopic (exact) mass is 446 g/mol. The van der Waals surface area contributed by atoms with Crippen LogP contribution in [0.3, 0.4) is 0 Å². The molecule has 0 bridgehead atoms. The van der Waals surface area contributed by atoms with Crippen LogP contribution in [-0.2, 0) is 10.8 Å². The summed E-state index contributed by atoms with van der Waals surface area (Å²) in [6, 6.07) is 25.3. The Hall–Kier alpha value is -3.12. The molecule has 0 saturated heterocycles. The van der Waals surface area contributed by atoms with E-state index in [4.69, 9.17) is 0 Å². The van der Waals surface area contributed by atoms with Gasteiger partial charge in [0.15, 0.2) is 0 Å². The van der Waals surface area contributed by atoms with E-state index in [0.717, 1.165) is 0 Å². The summed E-state index contributed by atoms with van der Waals surface area (Å²) in [5.41, 5.74) is 13.0. The van der Waals surface area contributed by atoms with Crippen LogP contribution < -0.4 is 0 Å². The molecule has 4 aromatic carbocycles. The first-order chi connectivity index (χ1) is 16.2. The molecule has 0 atom stereocenters. The Bertz CT molecular complexity index is 1380. The number of hydrogen-bond donors (Lipinski definition) is 0. The lowest BCUT2D eigenvalue weighted by molar-refractivity contribution is 0.652. The van der Waals surface area contributed by atoms with E-state index in [9.17, 15) is 0 Å². The summed E-state index contributed by atoms with van der Waals surface area (Å²) in [4.78, 5) is 0. The maximum atomic E-state index is 3.00. The van der Waals surface area contributed by atoms with Gasteiger partial charge in [0.25, 0.3) is 0 Å². The Morgan fingerprint density at radius 1 is 0.588 bits per heavy atom. The third-order valence-electron chi connectivity index (χ3n) is 7.59. The van der Waals surface area contributed by atoms with Crippen LogP contribution in [0.1, 0.15) is 75.8 Å². The van der Waals surface area contributed by atoms with Gasteiger partial charge < -0.3 is 0 Å². The lowest BCUT2D eigenvalue weighted by Crippen LogP contribution is -2.17. The highest BCUT2D eigenvalue weighted by Crippen LogP contribution is 2.57. The highest BCUT2D eigenvalue weighted by atomic mass is 14.4. The average Bonchev–Trinajstić information content (AvgIpc) is 3.20. The molecule has 0 amide bonds. The van der Waals surface area contributed by atoms with Crippen LogP contribution in [0.15, 0.2) is 79.9 Å². The lowest BCUT2D eigenvalue weighted by atomic mass is 9.79. The third-order valence-corrected chi connectivity index (χ3v) is 7.59. The molecule has 0 radical (unpaired) electrons. The molecule has 2 aliphatic carbocycles. The van der Waals surface area contributed by atoms with Crippen molar-refractivity contribution in [2.45, 2.75) is 65.7 Å². The van der Waals surface area contributed by atoms with Crippen molar-refractivity contribution in [3.05, 3.63) is 108 Å². The second kappa shape index (κ2) is 8.58. The van der Waals surface area contributed by atoms with Crippen molar-refractivity contribution >= 4 is 10.8 Å². The number of fused-ring (bicyclic) bond motifs is 8. The van der Waals surface area contributed by atoms with Gasteiger partial charge >= 0.3 is 0 Å². The predicted octanol–water partition coefficient (Wildman–Crippen LogP) is 9.98. The molecule has 0 aromatic heterocycles. The zero-order valence-corrected chi connectivity index (χ0v) is 22.0. The second-order valence-electron chi connectivity index (χ2n) is 10.6. The minimum atomic E-state index is 0.0101. The lowest BCUT2D eigenvalue weighted by Gasteiger charge is -2.24. The van der Waals surface area contributed by atoms with Crippen molar-refractivity contribution in [3.63, 3.8) is 0 Å². The van der Waals surface area contributed by atoms with Crippen LogP contribution in [0.4, 0.5) is 0 Å². The molecular weight excluding hydrogens is 408 g/mol. The summed E-state index contributed by atoms with van der Waals surface area (Å²) in [6.07, 6.45) is 1.25. The zero-order valence-electron chi connectivity index (χ0n) is 22.0. The first kappa shape index (κ1) is 24.0. The smallest absolute Gasteiger partial charge is 0.0159 e.